The van der Waals surface area contributed by atoms with E-state index in [0.29, 0.717) is 41.5 Å². The van der Waals surface area contributed by atoms with Crippen LogP contribution in [0.4, 0.5) is 14.6 Å². The predicted octanol–water partition coefficient (Wildman–Crippen LogP) is 4.31. The molecule has 0 aliphatic heterocycles. The normalized spacial score (nSPS) is 11.0. The lowest BCUT2D eigenvalue weighted by molar-refractivity contribution is 0.447. The molecular weight excluding hydrogens is 350 g/mol. The maximum atomic E-state index is 13.3. The van der Waals surface area contributed by atoms with Crippen molar-refractivity contribution in [3.8, 4) is 22.6 Å². The maximum Gasteiger partial charge on any atom is 0.275 e. The van der Waals surface area contributed by atoms with Gasteiger partial charge < -0.3 is 9.41 Å². The highest BCUT2D eigenvalue weighted by atomic mass is 19.1. The molecule has 0 atom stereocenters. The first-order valence-electron chi connectivity index (χ1n) is 8.31. The summed E-state index contributed by atoms with van der Waals surface area (Å²) in [7, 11) is 0. The molecular formula is C19H14F2N6. The fraction of sp³-hybridized carbons (Fsp3) is 0.158. The van der Waals surface area contributed by atoms with Gasteiger partial charge in [0.2, 0.25) is 5.65 Å². The van der Waals surface area contributed by atoms with Gasteiger partial charge >= 0.3 is 0 Å². The lowest BCUT2D eigenvalue weighted by Crippen LogP contribution is -2.03. The minimum atomic E-state index is -0.445. The van der Waals surface area contributed by atoms with Crippen molar-refractivity contribution in [1.82, 2.24) is 24.1 Å². The number of aromatic nitrogens is 5. The van der Waals surface area contributed by atoms with Gasteiger partial charge in [0.25, 0.3) is 5.82 Å². The average molecular weight is 364 g/mol. The van der Waals surface area contributed by atoms with Gasteiger partial charge in [0.15, 0.2) is 0 Å². The van der Waals surface area contributed by atoms with Gasteiger partial charge in [-0.2, -0.15) is 0 Å². The highest BCUT2D eigenvalue weighted by molar-refractivity contribution is 5.77. The molecule has 0 radical (unpaired) electrons. The number of hydrogen-bond donors (Lipinski definition) is 0. The molecule has 3 aromatic heterocycles. The van der Waals surface area contributed by atoms with Crippen molar-refractivity contribution in [3.63, 3.8) is 0 Å². The standard InChI is InChI=1S/C19H14F2N6/c1-22-17-11-23-16-8-7-15(25-27(16)17)19-18(13-3-5-14(21)6-4-13)24-12-26(19)10-2-9-20/h3-8,11-12H,2,9-10H2. The molecule has 0 saturated heterocycles. The Labute approximate surface area is 153 Å². The Morgan fingerprint density at radius 3 is 2.63 bits per heavy atom. The molecule has 0 bridgehead atoms. The number of rotatable bonds is 5. The summed E-state index contributed by atoms with van der Waals surface area (Å²) in [5.41, 5.74) is 3.15. The molecule has 4 rings (SSSR count). The van der Waals surface area contributed by atoms with E-state index < -0.39 is 6.67 Å². The molecule has 0 N–H and O–H groups in total. The summed E-state index contributed by atoms with van der Waals surface area (Å²) in [4.78, 5) is 12.0. The lowest BCUT2D eigenvalue weighted by Gasteiger charge is -2.09. The number of alkyl halides is 1. The zero-order valence-electron chi connectivity index (χ0n) is 14.2. The molecule has 0 aliphatic rings. The van der Waals surface area contributed by atoms with E-state index in [9.17, 15) is 8.78 Å². The summed E-state index contributed by atoms with van der Waals surface area (Å²) in [6.07, 6.45) is 3.42. The first kappa shape index (κ1) is 16.8. The van der Waals surface area contributed by atoms with Crippen LogP contribution in [0.1, 0.15) is 6.42 Å². The summed E-state index contributed by atoms with van der Waals surface area (Å²) in [5.74, 6) is -0.0400. The average Bonchev–Trinajstić information content (AvgIpc) is 3.30. The van der Waals surface area contributed by atoms with Crippen molar-refractivity contribution in [2.45, 2.75) is 13.0 Å². The van der Waals surface area contributed by atoms with Crippen molar-refractivity contribution in [1.29, 1.82) is 0 Å². The van der Waals surface area contributed by atoms with E-state index in [-0.39, 0.29) is 5.82 Å². The van der Waals surface area contributed by atoms with E-state index >= 15 is 0 Å². The van der Waals surface area contributed by atoms with E-state index in [4.69, 9.17) is 6.57 Å². The van der Waals surface area contributed by atoms with E-state index in [1.54, 1.807) is 30.6 Å². The second kappa shape index (κ2) is 6.96. The number of fused-ring (bicyclic) bond motifs is 1. The van der Waals surface area contributed by atoms with Crippen molar-refractivity contribution in [2.24, 2.45) is 0 Å². The largest absolute Gasteiger partial charge is 0.360 e. The van der Waals surface area contributed by atoms with Crippen LogP contribution in [0.2, 0.25) is 0 Å². The van der Waals surface area contributed by atoms with Crippen LogP contribution in [-0.2, 0) is 6.54 Å². The van der Waals surface area contributed by atoms with Crippen LogP contribution < -0.4 is 0 Å². The SMILES string of the molecule is [C-]#[N+]c1cnc2ccc(-c3c(-c4ccc(F)cc4)ncn3CCCF)nn12. The molecule has 0 aliphatic carbocycles. The second-order valence-electron chi connectivity index (χ2n) is 5.90. The molecule has 0 amide bonds. The van der Waals surface area contributed by atoms with E-state index in [0.717, 1.165) is 5.56 Å². The first-order chi connectivity index (χ1) is 13.2. The summed E-state index contributed by atoms with van der Waals surface area (Å²) in [6.45, 7) is 7.23. The van der Waals surface area contributed by atoms with Gasteiger partial charge in [-0.25, -0.2) is 14.4 Å². The van der Waals surface area contributed by atoms with Crippen LogP contribution in [0.3, 0.4) is 0 Å². The molecule has 0 saturated carbocycles. The Hall–Kier alpha value is -3.60. The van der Waals surface area contributed by atoms with Crippen LogP contribution in [0.5, 0.6) is 0 Å². The topological polar surface area (TPSA) is 52.4 Å². The number of nitrogens with zero attached hydrogens (tertiary/aromatic N) is 6. The molecule has 6 nitrogen and oxygen atoms in total. The number of hydrogen-bond acceptors (Lipinski definition) is 3. The molecule has 134 valence electrons. The minimum absolute atomic E-state index is 0.296. The highest BCUT2D eigenvalue weighted by Gasteiger charge is 2.19. The second-order valence-corrected chi connectivity index (χ2v) is 5.90. The molecule has 8 heteroatoms. The van der Waals surface area contributed by atoms with E-state index in [1.807, 2.05) is 4.57 Å². The fourth-order valence-electron chi connectivity index (χ4n) is 2.93. The third-order valence-corrected chi connectivity index (χ3v) is 4.19. The molecule has 0 unspecified atom stereocenters. The summed E-state index contributed by atoms with van der Waals surface area (Å²) in [5, 5.41) is 4.53. The van der Waals surface area contributed by atoms with E-state index in [1.165, 1.54) is 22.8 Å². The third-order valence-electron chi connectivity index (χ3n) is 4.19. The summed E-state index contributed by atoms with van der Waals surface area (Å²) in [6, 6.07) is 9.55. The van der Waals surface area contributed by atoms with Crippen LogP contribution in [-0.4, -0.2) is 30.8 Å². The quantitative estimate of drug-likeness (QED) is 0.496. The molecule has 3 heterocycles. The lowest BCUT2D eigenvalue weighted by atomic mass is 10.1. The molecule has 1 aromatic carbocycles. The van der Waals surface area contributed by atoms with Gasteiger partial charge in [0.1, 0.15) is 11.5 Å². The number of aryl methyl sites for hydroxylation is 1. The van der Waals surface area contributed by atoms with Gasteiger partial charge in [0.05, 0.1) is 30.6 Å². The fourth-order valence-corrected chi connectivity index (χ4v) is 2.93. The molecule has 0 fully saturated rings. The van der Waals surface area contributed by atoms with Gasteiger partial charge in [-0.3, -0.25) is 4.39 Å². The summed E-state index contributed by atoms with van der Waals surface area (Å²) < 4.78 is 29.3. The summed E-state index contributed by atoms with van der Waals surface area (Å²) >= 11 is 0. The van der Waals surface area contributed by atoms with Crippen molar-refractivity contribution in [2.75, 3.05) is 6.67 Å². The van der Waals surface area contributed by atoms with Crippen LogP contribution in [0.25, 0.3) is 33.1 Å². The van der Waals surface area contributed by atoms with Crippen LogP contribution in [0, 0.1) is 12.4 Å². The minimum Gasteiger partial charge on any atom is -0.360 e. The van der Waals surface area contributed by atoms with Crippen molar-refractivity contribution >= 4 is 11.5 Å². The maximum absolute atomic E-state index is 13.3. The Morgan fingerprint density at radius 2 is 1.89 bits per heavy atom. The van der Waals surface area contributed by atoms with Crippen LogP contribution >= 0.6 is 0 Å². The van der Waals surface area contributed by atoms with Crippen LogP contribution in [0.15, 0.2) is 48.9 Å². The number of halogens is 2. The molecule has 0 spiro atoms. The number of benzene rings is 1. The van der Waals surface area contributed by atoms with Crippen molar-refractivity contribution in [3.05, 3.63) is 66.2 Å². The Kier molecular flexibility index (Phi) is 4.34. The Bertz CT molecular complexity index is 1140. The van der Waals surface area contributed by atoms with E-state index in [2.05, 4.69) is 19.9 Å². The number of imidazole rings is 2. The van der Waals surface area contributed by atoms with Gasteiger partial charge in [0, 0.05) is 18.2 Å². The van der Waals surface area contributed by atoms with Crippen molar-refractivity contribution < 1.29 is 8.78 Å². The Balaban J connectivity index is 1.90. The smallest absolute Gasteiger partial charge is 0.275 e. The molecule has 27 heavy (non-hydrogen) atoms. The monoisotopic (exact) mass is 364 g/mol. The zero-order valence-corrected chi connectivity index (χ0v) is 14.2. The predicted molar refractivity (Wildman–Crippen MR) is 96.5 cm³/mol. The highest BCUT2D eigenvalue weighted by Crippen LogP contribution is 2.31. The van der Waals surface area contributed by atoms with Gasteiger partial charge in [-0.1, -0.05) is 11.7 Å². The van der Waals surface area contributed by atoms with Gasteiger partial charge in [-0.15, -0.1) is 4.52 Å². The van der Waals surface area contributed by atoms with Gasteiger partial charge in [-0.05, 0) is 36.8 Å². The first-order valence-corrected chi connectivity index (χ1v) is 8.31. The Morgan fingerprint density at radius 1 is 1.07 bits per heavy atom. The zero-order chi connectivity index (χ0) is 18.8. The molecule has 4 aromatic rings. The third kappa shape index (κ3) is 3.04.